The second kappa shape index (κ2) is 8.37. The molecule has 0 spiro atoms. The standard InChI is InChI=1S/C18H26BrNO2/c1-6-13-11-14(20-16(21)9-7-8-10-19)12-15(17(13)22-5)18(2,3)4/h6,11-12H,1,7-10H2,2-5H3,(H,20,21). The van der Waals surface area contributed by atoms with Crippen LogP contribution in [0.5, 0.6) is 5.75 Å². The third-order valence-electron chi connectivity index (χ3n) is 3.42. The molecule has 4 heteroatoms. The molecule has 1 amide bonds. The molecule has 0 saturated heterocycles. The van der Waals surface area contributed by atoms with Gasteiger partial charge in [-0.15, -0.1) is 0 Å². The molecule has 0 fully saturated rings. The van der Waals surface area contributed by atoms with Crippen LogP contribution in [0.4, 0.5) is 5.69 Å². The minimum atomic E-state index is -0.0835. The van der Waals surface area contributed by atoms with Crippen LogP contribution in [0.3, 0.4) is 0 Å². The number of rotatable bonds is 7. The van der Waals surface area contributed by atoms with Gasteiger partial charge in [0.2, 0.25) is 5.91 Å². The molecule has 122 valence electrons. The minimum absolute atomic E-state index is 0.0426. The van der Waals surface area contributed by atoms with Gasteiger partial charge in [0, 0.05) is 28.6 Å². The van der Waals surface area contributed by atoms with Gasteiger partial charge in [0.05, 0.1) is 7.11 Å². The molecule has 1 aromatic carbocycles. The molecule has 0 saturated carbocycles. The smallest absolute Gasteiger partial charge is 0.224 e. The van der Waals surface area contributed by atoms with Crippen LogP contribution in [0.15, 0.2) is 18.7 Å². The number of ether oxygens (including phenoxy) is 1. The molecule has 1 rings (SSSR count). The van der Waals surface area contributed by atoms with Gasteiger partial charge in [-0.1, -0.05) is 49.4 Å². The summed E-state index contributed by atoms with van der Waals surface area (Å²) in [4.78, 5) is 12.0. The van der Waals surface area contributed by atoms with Gasteiger partial charge >= 0.3 is 0 Å². The van der Waals surface area contributed by atoms with Crippen LogP contribution >= 0.6 is 15.9 Å². The van der Waals surface area contributed by atoms with Crippen LogP contribution in [0.25, 0.3) is 6.08 Å². The van der Waals surface area contributed by atoms with Crippen molar-refractivity contribution in [3.63, 3.8) is 0 Å². The fraction of sp³-hybridized carbons (Fsp3) is 0.500. The highest BCUT2D eigenvalue weighted by molar-refractivity contribution is 9.09. The number of unbranched alkanes of at least 4 members (excludes halogenated alkanes) is 1. The van der Waals surface area contributed by atoms with Gasteiger partial charge in [0.1, 0.15) is 5.75 Å². The molecule has 0 unspecified atom stereocenters. The van der Waals surface area contributed by atoms with Crippen LogP contribution in [0.1, 0.15) is 51.2 Å². The minimum Gasteiger partial charge on any atom is -0.496 e. The first kappa shape index (κ1) is 18.8. The van der Waals surface area contributed by atoms with E-state index in [1.807, 2.05) is 12.1 Å². The van der Waals surface area contributed by atoms with Crippen molar-refractivity contribution in [2.75, 3.05) is 17.8 Å². The van der Waals surface area contributed by atoms with Gasteiger partial charge in [-0.05, 0) is 30.4 Å². The molecule has 0 aliphatic rings. The van der Waals surface area contributed by atoms with E-state index in [0.29, 0.717) is 6.42 Å². The van der Waals surface area contributed by atoms with E-state index in [4.69, 9.17) is 4.74 Å². The highest BCUT2D eigenvalue weighted by Crippen LogP contribution is 2.37. The topological polar surface area (TPSA) is 38.3 Å². The zero-order valence-electron chi connectivity index (χ0n) is 14.0. The second-order valence-corrected chi connectivity index (χ2v) is 7.09. The van der Waals surface area contributed by atoms with E-state index < -0.39 is 0 Å². The Hall–Kier alpha value is -1.29. The molecule has 0 aliphatic carbocycles. The summed E-state index contributed by atoms with van der Waals surface area (Å²) < 4.78 is 5.54. The molecule has 0 aliphatic heterocycles. The van der Waals surface area contributed by atoms with Crippen molar-refractivity contribution in [1.29, 1.82) is 0 Å². The molecule has 1 aromatic rings. The number of halogens is 1. The Kier molecular flexibility index (Phi) is 7.14. The van der Waals surface area contributed by atoms with Crippen molar-refractivity contribution in [2.24, 2.45) is 0 Å². The van der Waals surface area contributed by atoms with E-state index >= 15 is 0 Å². The number of benzene rings is 1. The van der Waals surface area contributed by atoms with Gasteiger partial charge in [0.25, 0.3) is 0 Å². The maximum absolute atomic E-state index is 12.0. The van der Waals surface area contributed by atoms with Crippen molar-refractivity contribution >= 4 is 33.6 Å². The number of hydrogen-bond acceptors (Lipinski definition) is 2. The Morgan fingerprint density at radius 1 is 1.36 bits per heavy atom. The van der Waals surface area contributed by atoms with Crippen molar-refractivity contribution in [1.82, 2.24) is 0 Å². The Labute approximate surface area is 142 Å². The van der Waals surface area contributed by atoms with E-state index in [2.05, 4.69) is 48.6 Å². The third kappa shape index (κ3) is 5.16. The molecule has 22 heavy (non-hydrogen) atoms. The number of nitrogens with one attached hydrogen (secondary N) is 1. The summed E-state index contributed by atoms with van der Waals surface area (Å²) in [6, 6.07) is 3.90. The number of carbonyl (C=O) groups is 1. The average Bonchev–Trinajstić information content (AvgIpc) is 2.45. The highest BCUT2D eigenvalue weighted by Gasteiger charge is 2.22. The Balaban J connectivity index is 3.06. The van der Waals surface area contributed by atoms with E-state index in [1.54, 1.807) is 13.2 Å². The number of alkyl halides is 1. The van der Waals surface area contributed by atoms with Gasteiger partial charge in [0.15, 0.2) is 0 Å². The summed E-state index contributed by atoms with van der Waals surface area (Å²) in [5.74, 6) is 0.862. The molecule has 0 heterocycles. The van der Waals surface area contributed by atoms with Gasteiger partial charge in [-0.25, -0.2) is 0 Å². The quantitative estimate of drug-likeness (QED) is 0.535. The Bertz CT molecular complexity index is 533. The largest absolute Gasteiger partial charge is 0.496 e. The Morgan fingerprint density at radius 3 is 2.55 bits per heavy atom. The Morgan fingerprint density at radius 2 is 2.05 bits per heavy atom. The molecule has 0 bridgehead atoms. The number of amides is 1. The average molecular weight is 368 g/mol. The molecule has 0 atom stereocenters. The lowest BCUT2D eigenvalue weighted by molar-refractivity contribution is -0.116. The molecular weight excluding hydrogens is 342 g/mol. The van der Waals surface area contributed by atoms with Crippen LogP contribution in [0.2, 0.25) is 0 Å². The van der Waals surface area contributed by atoms with Crippen LogP contribution < -0.4 is 10.1 Å². The SMILES string of the molecule is C=Cc1cc(NC(=O)CCCCBr)cc(C(C)(C)C)c1OC. The van der Waals surface area contributed by atoms with E-state index in [9.17, 15) is 4.79 Å². The van der Waals surface area contributed by atoms with Crippen molar-refractivity contribution in [3.05, 3.63) is 29.8 Å². The lowest BCUT2D eigenvalue weighted by Crippen LogP contribution is -2.16. The van der Waals surface area contributed by atoms with E-state index in [0.717, 1.165) is 40.7 Å². The van der Waals surface area contributed by atoms with Crippen LogP contribution in [-0.4, -0.2) is 18.3 Å². The molecule has 1 N–H and O–H groups in total. The summed E-state index contributed by atoms with van der Waals surface area (Å²) in [5.41, 5.74) is 2.66. The lowest BCUT2D eigenvalue weighted by atomic mass is 9.84. The first-order valence-corrected chi connectivity index (χ1v) is 8.66. The fourth-order valence-electron chi connectivity index (χ4n) is 2.26. The number of carbonyl (C=O) groups excluding carboxylic acids is 1. The first-order valence-electron chi connectivity index (χ1n) is 7.54. The fourth-order valence-corrected chi connectivity index (χ4v) is 2.66. The summed E-state index contributed by atoms with van der Waals surface area (Å²) in [6.45, 7) is 10.2. The van der Waals surface area contributed by atoms with Crippen molar-refractivity contribution in [2.45, 2.75) is 45.4 Å². The molecule has 3 nitrogen and oxygen atoms in total. The normalized spacial score (nSPS) is 11.1. The van der Waals surface area contributed by atoms with E-state index in [-0.39, 0.29) is 11.3 Å². The van der Waals surface area contributed by atoms with Crippen LogP contribution in [-0.2, 0) is 10.2 Å². The summed E-state index contributed by atoms with van der Waals surface area (Å²) in [5, 5.41) is 3.91. The number of methoxy groups -OCH3 is 1. The summed E-state index contributed by atoms with van der Waals surface area (Å²) in [7, 11) is 1.66. The monoisotopic (exact) mass is 367 g/mol. The maximum atomic E-state index is 12.0. The zero-order valence-corrected chi connectivity index (χ0v) is 15.5. The number of hydrogen-bond donors (Lipinski definition) is 1. The predicted octanol–water partition coefficient (Wildman–Crippen LogP) is 5.14. The number of anilines is 1. The summed E-state index contributed by atoms with van der Waals surface area (Å²) in [6.07, 6.45) is 4.18. The van der Waals surface area contributed by atoms with Crippen molar-refractivity contribution in [3.8, 4) is 5.75 Å². The second-order valence-electron chi connectivity index (χ2n) is 6.29. The lowest BCUT2D eigenvalue weighted by Gasteiger charge is -2.24. The molecule has 0 aromatic heterocycles. The predicted molar refractivity (Wildman–Crippen MR) is 98.1 cm³/mol. The van der Waals surface area contributed by atoms with Gasteiger partial charge in [-0.2, -0.15) is 0 Å². The third-order valence-corrected chi connectivity index (χ3v) is 3.98. The zero-order chi connectivity index (χ0) is 16.8. The highest BCUT2D eigenvalue weighted by atomic mass is 79.9. The van der Waals surface area contributed by atoms with Gasteiger partial charge in [-0.3, -0.25) is 4.79 Å². The maximum Gasteiger partial charge on any atom is 0.224 e. The van der Waals surface area contributed by atoms with Gasteiger partial charge < -0.3 is 10.1 Å². The summed E-state index contributed by atoms with van der Waals surface area (Å²) >= 11 is 3.38. The first-order chi connectivity index (χ1) is 10.3. The molecular formula is C18H26BrNO2. The van der Waals surface area contributed by atoms with E-state index in [1.165, 1.54) is 0 Å². The van der Waals surface area contributed by atoms with Crippen LogP contribution in [0, 0.1) is 0 Å². The molecule has 0 radical (unpaired) electrons. The van der Waals surface area contributed by atoms with Crippen molar-refractivity contribution < 1.29 is 9.53 Å².